The lowest BCUT2D eigenvalue weighted by Crippen LogP contribution is -2.40. The predicted octanol–water partition coefficient (Wildman–Crippen LogP) is 1.63. The molecule has 26 heavy (non-hydrogen) atoms. The van der Waals surface area contributed by atoms with Gasteiger partial charge in [-0.25, -0.2) is 51.6 Å². The van der Waals surface area contributed by atoms with Gasteiger partial charge in [0.25, 0.3) is 3.91 Å². The highest BCUT2D eigenvalue weighted by molar-refractivity contribution is 8.24. The molecule has 0 saturated heterocycles. The van der Waals surface area contributed by atoms with Gasteiger partial charge in [-0.05, 0) is 0 Å². The molecule has 0 saturated carbocycles. The van der Waals surface area contributed by atoms with Gasteiger partial charge in [0, 0.05) is 0 Å². The maximum Gasteiger partial charge on any atom is 0.272 e. The molecule has 0 spiro atoms. The van der Waals surface area contributed by atoms with Crippen molar-refractivity contribution in [2.24, 2.45) is 0 Å². The van der Waals surface area contributed by atoms with Gasteiger partial charge in [0.1, 0.15) is 4.90 Å². The number of hydrogen-bond acceptors (Lipinski definition) is 6. The predicted molar refractivity (Wildman–Crippen MR) is 77.1 cm³/mol. The molecule has 0 aromatic heterocycles. The number of sulfone groups is 3. The summed E-state index contributed by atoms with van der Waals surface area (Å²) < 4.78 is 147. The minimum Gasteiger partial charge on any atom is -0.234 e. The summed E-state index contributed by atoms with van der Waals surface area (Å²) >= 11 is 0. The molecule has 0 fully saturated rings. The van der Waals surface area contributed by atoms with Crippen LogP contribution in [-0.2, 0) is 29.5 Å². The summed E-state index contributed by atoms with van der Waals surface area (Å²) in [5, 5.41) is 0. The third-order valence-corrected chi connectivity index (χ3v) is 11.1. The molecular formula is C11H8F6O6S3. The fourth-order valence-corrected chi connectivity index (χ4v) is 9.01. The Balaban J connectivity index is 4.10. The van der Waals surface area contributed by atoms with Gasteiger partial charge in [0.2, 0.25) is 29.5 Å². The summed E-state index contributed by atoms with van der Waals surface area (Å²) in [4.78, 5) is -2.64. The van der Waals surface area contributed by atoms with E-state index in [2.05, 4.69) is 6.58 Å². The Labute approximate surface area is 143 Å². The minimum atomic E-state index is -6.39. The second-order valence-electron chi connectivity index (χ2n) is 4.58. The molecule has 0 aliphatic rings. The Morgan fingerprint density at radius 3 is 1.38 bits per heavy atom. The van der Waals surface area contributed by atoms with E-state index in [4.69, 9.17) is 0 Å². The molecule has 0 amide bonds. The maximum absolute atomic E-state index is 13.9. The molecular weight excluding hydrogens is 438 g/mol. The van der Waals surface area contributed by atoms with E-state index in [1.165, 1.54) is 0 Å². The number of benzene rings is 1. The Hall–Kier alpha value is -1.61. The lowest BCUT2D eigenvalue weighted by Gasteiger charge is -2.17. The van der Waals surface area contributed by atoms with E-state index < -0.39 is 79.2 Å². The molecule has 1 rings (SSSR count). The van der Waals surface area contributed by atoms with Crippen LogP contribution in [0.3, 0.4) is 0 Å². The van der Waals surface area contributed by atoms with E-state index in [1.807, 2.05) is 0 Å². The zero-order chi connectivity index (χ0) is 20.7. The Morgan fingerprint density at radius 1 is 0.769 bits per heavy atom. The van der Waals surface area contributed by atoms with E-state index >= 15 is 0 Å². The summed E-state index contributed by atoms with van der Waals surface area (Å²) in [7, 11) is -18.2. The standard InChI is InChI=1S/C11H8F6O6S3/c1-2-5-6(14)8(16)10(9(17)7(5)15)26(22,23)11(24(18,19)3-12)25(20,21)4-13/h2,11H,1,3-4H2. The van der Waals surface area contributed by atoms with Crippen LogP contribution in [0.1, 0.15) is 5.56 Å². The van der Waals surface area contributed by atoms with Crippen molar-refractivity contribution in [1.29, 1.82) is 0 Å². The molecule has 6 nitrogen and oxygen atoms in total. The van der Waals surface area contributed by atoms with Gasteiger partial charge in [-0.2, -0.15) is 0 Å². The molecule has 0 aliphatic carbocycles. The fourth-order valence-electron chi connectivity index (χ4n) is 1.87. The van der Waals surface area contributed by atoms with Crippen LogP contribution in [-0.4, -0.2) is 41.2 Å². The SMILES string of the molecule is C=Cc1c(F)c(F)c(S(=O)(=O)C(S(=O)(=O)CF)S(=O)(=O)CF)c(F)c1F. The highest BCUT2D eigenvalue weighted by atomic mass is 32.3. The smallest absolute Gasteiger partial charge is 0.234 e. The molecule has 0 heterocycles. The minimum absolute atomic E-state index is 0.251. The number of hydrogen-bond donors (Lipinski definition) is 0. The zero-order valence-corrected chi connectivity index (χ0v) is 14.7. The molecule has 0 unspecified atom stereocenters. The summed E-state index contributed by atoms with van der Waals surface area (Å²) in [6, 6.07) is -5.37. The van der Waals surface area contributed by atoms with Crippen LogP contribution >= 0.6 is 0 Å². The first kappa shape index (κ1) is 22.4. The van der Waals surface area contributed by atoms with Crippen molar-refractivity contribution in [3.05, 3.63) is 35.4 Å². The van der Waals surface area contributed by atoms with Gasteiger partial charge in [0.15, 0.2) is 35.3 Å². The van der Waals surface area contributed by atoms with Crippen LogP contribution in [0, 0.1) is 23.3 Å². The lowest BCUT2D eigenvalue weighted by molar-refractivity contribution is 0.417. The molecule has 0 radical (unpaired) electrons. The van der Waals surface area contributed by atoms with Crippen molar-refractivity contribution >= 4 is 35.6 Å². The summed E-state index contributed by atoms with van der Waals surface area (Å²) in [5.41, 5.74) is -1.47. The molecule has 0 N–H and O–H groups in total. The quantitative estimate of drug-likeness (QED) is 0.466. The fraction of sp³-hybridized carbons (Fsp3) is 0.273. The Bertz CT molecular complexity index is 999. The van der Waals surface area contributed by atoms with Crippen molar-refractivity contribution < 1.29 is 51.6 Å². The van der Waals surface area contributed by atoms with E-state index in [1.54, 1.807) is 0 Å². The topological polar surface area (TPSA) is 102 Å². The van der Waals surface area contributed by atoms with E-state index in [9.17, 15) is 51.6 Å². The third-order valence-electron chi connectivity index (χ3n) is 2.89. The second kappa shape index (κ2) is 7.19. The first-order valence-electron chi connectivity index (χ1n) is 5.98. The monoisotopic (exact) mass is 446 g/mol. The van der Waals surface area contributed by atoms with Crippen LogP contribution in [0.2, 0.25) is 0 Å². The Morgan fingerprint density at radius 2 is 1.12 bits per heavy atom. The number of alkyl halides is 2. The largest absolute Gasteiger partial charge is 0.272 e. The van der Waals surface area contributed by atoms with Crippen LogP contribution in [0.5, 0.6) is 0 Å². The maximum atomic E-state index is 13.9. The molecule has 1 aromatic rings. The molecule has 1 aromatic carbocycles. The second-order valence-corrected chi connectivity index (χ2v) is 11.5. The molecule has 15 heteroatoms. The first-order chi connectivity index (χ1) is 11.7. The van der Waals surface area contributed by atoms with Crippen LogP contribution < -0.4 is 0 Å². The van der Waals surface area contributed by atoms with Gasteiger partial charge in [-0.3, -0.25) is 0 Å². The third kappa shape index (κ3) is 3.46. The highest BCUT2D eigenvalue weighted by Gasteiger charge is 2.52. The van der Waals surface area contributed by atoms with Crippen LogP contribution in [0.15, 0.2) is 11.5 Å². The van der Waals surface area contributed by atoms with Gasteiger partial charge in [-0.15, -0.1) is 0 Å². The normalized spacial score (nSPS) is 13.2. The van der Waals surface area contributed by atoms with E-state index in [-0.39, 0.29) is 6.08 Å². The van der Waals surface area contributed by atoms with Gasteiger partial charge < -0.3 is 0 Å². The van der Waals surface area contributed by atoms with E-state index in [0.29, 0.717) is 0 Å². The zero-order valence-electron chi connectivity index (χ0n) is 12.2. The van der Waals surface area contributed by atoms with Gasteiger partial charge in [-0.1, -0.05) is 12.7 Å². The van der Waals surface area contributed by atoms with E-state index in [0.717, 1.165) is 0 Å². The summed E-state index contributed by atoms with van der Waals surface area (Å²) in [5.74, 6) is -10.1. The average Bonchev–Trinajstić information content (AvgIpc) is 2.52. The first-order valence-corrected chi connectivity index (χ1v) is 11.0. The van der Waals surface area contributed by atoms with Gasteiger partial charge >= 0.3 is 0 Å². The molecule has 148 valence electrons. The number of halogens is 6. The summed E-state index contributed by atoms with van der Waals surface area (Å²) in [6.45, 7) is 2.81. The average molecular weight is 446 g/mol. The van der Waals surface area contributed by atoms with Crippen LogP contribution in [0.4, 0.5) is 26.3 Å². The van der Waals surface area contributed by atoms with Crippen molar-refractivity contribution in [1.82, 2.24) is 0 Å². The molecule has 0 aliphatic heterocycles. The molecule has 0 atom stereocenters. The van der Waals surface area contributed by atoms with Gasteiger partial charge in [0.05, 0.1) is 5.56 Å². The van der Waals surface area contributed by atoms with Crippen LogP contribution in [0.25, 0.3) is 6.08 Å². The summed E-state index contributed by atoms with van der Waals surface area (Å²) in [6.07, 6.45) is 0.251. The Kier molecular flexibility index (Phi) is 6.20. The van der Waals surface area contributed by atoms with Crippen molar-refractivity contribution in [2.75, 3.05) is 12.0 Å². The highest BCUT2D eigenvalue weighted by Crippen LogP contribution is 2.34. The molecule has 0 bridgehead atoms. The van der Waals surface area contributed by atoms with Crippen molar-refractivity contribution in [2.45, 2.75) is 8.81 Å². The number of rotatable bonds is 7. The van der Waals surface area contributed by atoms with Crippen molar-refractivity contribution in [3.63, 3.8) is 0 Å². The van der Waals surface area contributed by atoms with Crippen molar-refractivity contribution in [3.8, 4) is 0 Å². The lowest BCUT2D eigenvalue weighted by atomic mass is 10.2.